The largest absolute Gasteiger partial charge is 0.326 e. The smallest absolute Gasteiger partial charge is 0.243 e. The number of benzene rings is 1. The van der Waals surface area contributed by atoms with Gasteiger partial charge in [-0.1, -0.05) is 18.9 Å². The fourth-order valence-corrected chi connectivity index (χ4v) is 6.08. The highest BCUT2D eigenvalue weighted by Crippen LogP contribution is 2.26. The van der Waals surface area contributed by atoms with E-state index in [1.807, 2.05) is 18.5 Å². The first-order valence-corrected chi connectivity index (χ1v) is 13.0. The van der Waals surface area contributed by atoms with Crippen molar-refractivity contribution in [2.24, 2.45) is 0 Å². The maximum absolute atomic E-state index is 13.2. The molecular formula is C24H33N5O3S. The number of anilines is 1. The van der Waals surface area contributed by atoms with E-state index < -0.39 is 10.0 Å². The summed E-state index contributed by atoms with van der Waals surface area (Å²) in [5.41, 5.74) is 4.00. The van der Waals surface area contributed by atoms with Crippen molar-refractivity contribution in [3.8, 4) is 6.07 Å². The number of nitriles is 1. The van der Waals surface area contributed by atoms with E-state index in [2.05, 4.69) is 16.5 Å². The van der Waals surface area contributed by atoms with E-state index in [1.165, 1.54) is 0 Å². The van der Waals surface area contributed by atoms with Crippen molar-refractivity contribution in [3.05, 3.63) is 40.7 Å². The fourth-order valence-electron chi connectivity index (χ4n) is 4.31. The first-order chi connectivity index (χ1) is 15.7. The Bertz CT molecular complexity index is 1140. The molecule has 1 amide bonds. The number of aromatic nitrogens is 2. The van der Waals surface area contributed by atoms with Crippen LogP contribution in [0.2, 0.25) is 0 Å². The number of rotatable bonds is 8. The highest BCUT2D eigenvalue weighted by atomic mass is 32.2. The minimum absolute atomic E-state index is 0.180. The summed E-state index contributed by atoms with van der Waals surface area (Å²) in [4.78, 5) is 12.9. The molecule has 0 bridgehead atoms. The minimum atomic E-state index is -3.60. The van der Waals surface area contributed by atoms with Crippen LogP contribution in [0, 0.1) is 32.1 Å². The van der Waals surface area contributed by atoms with Gasteiger partial charge in [0.05, 0.1) is 29.6 Å². The summed E-state index contributed by atoms with van der Waals surface area (Å²) >= 11 is 0. The highest BCUT2D eigenvalue weighted by molar-refractivity contribution is 7.89. The Morgan fingerprint density at radius 2 is 1.85 bits per heavy atom. The number of hydrogen-bond acceptors (Lipinski definition) is 5. The number of nitrogens with zero attached hydrogens (tertiary/aromatic N) is 4. The molecule has 1 aromatic carbocycles. The predicted molar refractivity (Wildman–Crippen MR) is 127 cm³/mol. The second-order valence-electron chi connectivity index (χ2n) is 8.63. The molecule has 0 spiro atoms. The number of sulfonamides is 1. The first kappa shape index (κ1) is 24.9. The van der Waals surface area contributed by atoms with E-state index in [0.717, 1.165) is 42.6 Å². The van der Waals surface area contributed by atoms with Crippen LogP contribution < -0.4 is 5.32 Å². The van der Waals surface area contributed by atoms with Crippen molar-refractivity contribution in [2.45, 2.75) is 77.2 Å². The average molecular weight is 472 g/mol. The van der Waals surface area contributed by atoms with E-state index in [-0.39, 0.29) is 17.2 Å². The topological polar surface area (TPSA) is 108 Å². The van der Waals surface area contributed by atoms with Gasteiger partial charge in [0.2, 0.25) is 15.9 Å². The van der Waals surface area contributed by atoms with Crippen LogP contribution in [0.4, 0.5) is 5.69 Å². The van der Waals surface area contributed by atoms with Crippen molar-refractivity contribution in [3.63, 3.8) is 0 Å². The van der Waals surface area contributed by atoms with Gasteiger partial charge in [0, 0.05) is 30.9 Å². The number of aryl methyl sites for hydroxylation is 3. The molecule has 8 nitrogen and oxygen atoms in total. The SMILES string of the molecule is Cc1ccc(NC(=O)CCc2c(C)nn(CCC#N)c2C)cc1S(=O)(=O)N1CCCCCC1. The normalized spacial score (nSPS) is 15.1. The summed E-state index contributed by atoms with van der Waals surface area (Å²) in [5.74, 6) is -0.180. The first-order valence-electron chi connectivity index (χ1n) is 11.5. The molecule has 1 aromatic heterocycles. The van der Waals surface area contributed by atoms with E-state index in [1.54, 1.807) is 29.4 Å². The summed E-state index contributed by atoms with van der Waals surface area (Å²) in [6, 6.07) is 7.18. The van der Waals surface area contributed by atoms with Gasteiger partial charge in [-0.05, 0) is 63.3 Å². The number of amides is 1. The van der Waals surface area contributed by atoms with Gasteiger partial charge in [0.1, 0.15) is 0 Å². The summed E-state index contributed by atoms with van der Waals surface area (Å²) in [7, 11) is -3.60. The Kier molecular flexibility index (Phi) is 8.27. The van der Waals surface area contributed by atoms with Crippen LogP contribution in [0.3, 0.4) is 0 Å². The van der Waals surface area contributed by atoms with Gasteiger partial charge in [-0.3, -0.25) is 9.48 Å². The number of hydrogen-bond donors (Lipinski definition) is 1. The van der Waals surface area contributed by atoms with E-state index in [4.69, 9.17) is 5.26 Å². The second-order valence-corrected chi connectivity index (χ2v) is 10.5. The number of carbonyl (C=O) groups is 1. The molecule has 1 saturated heterocycles. The summed E-state index contributed by atoms with van der Waals surface area (Å²) in [5, 5.41) is 16.1. The summed E-state index contributed by atoms with van der Waals surface area (Å²) in [6.07, 6.45) is 5.03. The van der Waals surface area contributed by atoms with Crippen molar-refractivity contribution in [2.75, 3.05) is 18.4 Å². The van der Waals surface area contributed by atoms with Crippen LogP contribution in [0.25, 0.3) is 0 Å². The second kappa shape index (κ2) is 10.9. The molecule has 9 heteroatoms. The van der Waals surface area contributed by atoms with E-state index >= 15 is 0 Å². The molecule has 0 unspecified atom stereocenters. The number of nitrogens with one attached hydrogen (secondary N) is 1. The quantitative estimate of drug-likeness (QED) is 0.629. The molecule has 1 aliphatic heterocycles. The molecule has 2 aromatic rings. The predicted octanol–water partition coefficient (Wildman–Crippen LogP) is 3.86. The van der Waals surface area contributed by atoms with Gasteiger partial charge < -0.3 is 5.32 Å². The average Bonchev–Trinajstić information content (AvgIpc) is 2.96. The molecule has 0 saturated carbocycles. The van der Waals surface area contributed by atoms with Gasteiger partial charge in [-0.2, -0.15) is 14.7 Å². The molecule has 33 heavy (non-hydrogen) atoms. The van der Waals surface area contributed by atoms with Crippen molar-refractivity contribution in [1.29, 1.82) is 5.26 Å². The van der Waals surface area contributed by atoms with Crippen molar-refractivity contribution >= 4 is 21.6 Å². The van der Waals surface area contributed by atoms with E-state index in [9.17, 15) is 13.2 Å². The third-order valence-corrected chi connectivity index (χ3v) is 8.26. The standard InChI is InChI=1S/C24H33N5O3S/c1-18-9-10-21(17-23(18)33(31,32)28-14-6-4-5-7-15-28)26-24(30)12-11-22-19(2)27-29(20(22)3)16-8-13-25/h9-10,17H,4-8,11-12,14-16H2,1-3H3,(H,26,30). The van der Waals surface area contributed by atoms with E-state index in [0.29, 0.717) is 43.7 Å². The summed E-state index contributed by atoms with van der Waals surface area (Å²) in [6.45, 7) is 7.25. The van der Waals surface area contributed by atoms with Crippen LogP contribution in [0.5, 0.6) is 0 Å². The van der Waals surface area contributed by atoms with Crippen LogP contribution >= 0.6 is 0 Å². The van der Waals surface area contributed by atoms with Gasteiger partial charge in [0.25, 0.3) is 0 Å². The minimum Gasteiger partial charge on any atom is -0.326 e. The molecule has 0 aliphatic carbocycles. The highest BCUT2D eigenvalue weighted by Gasteiger charge is 2.27. The lowest BCUT2D eigenvalue weighted by atomic mass is 10.1. The zero-order valence-corrected chi connectivity index (χ0v) is 20.5. The Hall–Kier alpha value is -2.70. The lowest BCUT2D eigenvalue weighted by Crippen LogP contribution is -2.32. The Morgan fingerprint density at radius 3 is 2.52 bits per heavy atom. The van der Waals surface area contributed by atoms with Crippen LogP contribution in [0.1, 0.15) is 61.0 Å². The van der Waals surface area contributed by atoms with Crippen LogP contribution in [-0.2, 0) is 27.8 Å². The van der Waals surface area contributed by atoms with Gasteiger partial charge >= 0.3 is 0 Å². The molecule has 1 aliphatic rings. The lowest BCUT2D eigenvalue weighted by molar-refractivity contribution is -0.116. The fraction of sp³-hybridized carbons (Fsp3) is 0.542. The van der Waals surface area contributed by atoms with Crippen molar-refractivity contribution < 1.29 is 13.2 Å². The summed E-state index contributed by atoms with van der Waals surface area (Å²) < 4.78 is 29.9. The van der Waals surface area contributed by atoms with Gasteiger partial charge in [-0.25, -0.2) is 8.42 Å². The van der Waals surface area contributed by atoms with Crippen LogP contribution in [-0.4, -0.2) is 41.5 Å². The Labute approximate surface area is 196 Å². The lowest BCUT2D eigenvalue weighted by Gasteiger charge is -2.21. The van der Waals surface area contributed by atoms with Gasteiger partial charge in [-0.15, -0.1) is 0 Å². The molecule has 178 valence electrons. The molecule has 0 radical (unpaired) electrons. The Morgan fingerprint density at radius 1 is 1.15 bits per heavy atom. The molecule has 2 heterocycles. The molecule has 0 atom stereocenters. The third kappa shape index (κ3) is 6.01. The maximum atomic E-state index is 13.2. The molecule has 1 N–H and O–H groups in total. The third-order valence-electron chi connectivity index (χ3n) is 6.22. The molecular weight excluding hydrogens is 438 g/mol. The zero-order chi connectivity index (χ0) is 24.0. The van der Waals surface area contributed by atoms with Gasteiger partial charge in [0.15, 0.2) is 0 Å². The monoisotopic (exact) mass is 471 g/mol. The van der Waals surface area contributed by atoms with Crippen LogP contribution in [0.15, 0.2) is 23.1 Å². The Balaban J connectivity index is 1.69. The molecule has 1 fully saturated rings. The maximum Gasteiger partial charge on any atom is 0.243 e. The number of carbonyl (C=O) groups excluding carboxylic acids is 1. The van der Waals surface area contributed by atoms with Crippen molar-refractivity contribution in [1.82, 2.24) is 14.1 Å². The molecule has 3 rings (SSSR count). The zero-order valence-electron chi connectivity index (χ0n) is 19.7.